The summed E-state index contributed by atoms with van der Waals surface area (Å²) in [6.45, 7) is 2.29. The minimum Gasteiger partial charge on any atom is -0.455 e. The molecule has 0 saturated carbocycles. The molecule has 0 atom stereocenters. The molecule has 2 heterocycles. The summed E-state index contributed by atoms with van der Waals surface area (Å²) >= 11 is 0. The van der Waals surface area contributed by atoms with E-state index in [1.54, 1.807) is 24.4 Å². The van der Waals surface area contributed by atoms with Gasteiger partial charge >= 0.3 is 0 Å². The molecule has 4 rings (SSSR count). The zero-order valence-electron chi connectivity index (χ0n) is 16.0. The Morgan fingerprint density at radius 3 is 2.53 bits per heavy atom. The maximum Gasteiger partial charge on any atom is 0.243 e. The van der Waals surface area contributed by atoms with Crippen molar-refractivity contribution in [1.82, 2.24) is 14.6 Å². The molecule has 1 aromatic heterocycles. The molecule has 0 radical (unpaired) electrons. The van der Waals surface area contributed by atoms with E-state index >= 15 is 0 Å². The van der Waals surface area contributed by atoms with Crippen molar-refractivity contribution in [3.63, 3.8) is 0 Å². The monoisotopic (exact) mass is 473 g/mol. The summed E-state index contributed by atoms with van der Waals surface area (Å²) in [6.07, 6.45) is 3.84. The second kappa shape index (κ2) is 10.4. The largest absolute Gasteiger partial charge is 0.455 e. The fourth-order valence-corrected chi connectivity index (χ4v) is 5.00. The van der Waals surface area contributed by atoms with Crippen molar-refractivity contribution in [2.75, 3.05) is 26.2 Å². The van der Waals surface area contributed by atoms with E-state index in [2.05, 4.69) is 10.3 Å². The van der Waals surface area contributed by atoms with E-state index in [9.17, 15) is 12.8 Å². The van der Waals surface area contributed by atoms with Crippen molar-refractivity contribution >= 4 is 45.6 Å². The Morgan fingerprint density at radius 2 is 1.77 bits per heavy atom. The normalized spacial score (nSPS) is 15.0. The lowest BCUT2D eigenvalue weighted by atomic mass is 10.1. The van der Waals surface area contributed by atoms with Gasteiger partial charge < -0.3 is 10.1 Å². The molecule has 3 aromatic rings. The number of fused-ring (bicyclic) bond motifs is 1. The van der Waals surface area contributed by atoms with Crippen LogP contribution < -0.4 is 10.1 Å². The van der Waals surface area contributed by atoms with Gasteiger partial charge in [0, 0.05) is 36.6 Å². The van der Waals surface area contributed by atoms with Crippen LogP contribution in [0.25, 0.3) is 10.8 Å². The lowest BCUT2D eigenvalue weighted by Crippen LogP contribution is -2.34. The third-order valence-electron chi connectivity index (χ3n) is 4.67. The van der Waals surface area contributed by atoms with Gasteiger partial charge in [0.1, 0.15) is 11.6 Å². The van der Waals surface area contributed by atoms with Gasteiger partial charge in [-0.15, -0.1) is 24.8 Å². The molecule has 0 aliphatic carbocycles. The standard InChI is InChI=1S/C20H20FN3O3S.2ClH/c21-16-5-7-17(8-6-16)27-18-14-23-13-15-3-1-4-19(20(15)18)28(25,26)24-11-2-9-22-10-12-24;;/h1,3-8,13-14,22H,2,9-12H2;2*1H. The summed E-state index contributed by atoms with van der Waals surface area (Å²) in [5.74, 6) is 0.347. The van der Waals surface area contributed by atoms with Crippen molar-refractivity contribution in [2.45, 2.75) is 11.3 Å². The molecular weight excluding hydrogens is 452 g/mol. The van der Waals surface area contributed by atoms with Crippen molar-refractivity contribution < 1.29 is 17.5 Å². The van der Waals surface area contributed by atoms with Gasteiger partial charge in [0.25, 0.3) is 0 Å². The Morgan fingerprint density at radius 1 is 1.00 bits per heavy atom. The van der Waals surface area contributed by atoms with Crippen LogP contribution in [0.1, 0.15) is 6.42 Å². The molecule has 2 aromatic carbocycles. The van der Waals surface area contributed by atoms with E-state index in [1.807, 2.05) is 0 Å². The Balaban J connectivity index is 0.00000160. The van der Waals surface area contributed by atoms with Crippen molar-refractivity contribution in [3.8, 4) is 11.5 Å². The summed E-state index contributed by atoms with van der Waals surface area (Å²) < 4.78 is 47.3. The Bertz CT molecular complexity index is 1080. The minimum absolute atomic E-state index is 0. The molecular formula is C20H22Cl2FN3O3S. The number of benzene rings is 2. The first kappa shape index (κ1) is 24.3. The first-order valence-corrected chi connectivity index (χ1v) is 10.5. The average molecular weight is 474 g/mol. The topological polar surface area (TPSA) is 71.5 Å². The second-order valence-corrected chi connectivity index (χ2v) is 8.46. The molecule has 1 N–H and O–H groups in total. The van der Waals surface area contributed by atoms with Crippen LogP contribution in [-0.4, -0.2) is 43.9 Å². The van der Waals surface area contributed by atoms with Gasteiger partial charge in [0.2, 0.25) is 10.0 Å². The van der Waals surface area contributed by atoms with E-state index in [-0.39, 0.29) is 35.5 Å². The fourth-order valence-electron chi connectivity index (χ4n) is 3.29. The van der Waals surface area contributed by atoms with Gasteiger partial charge in [-0.05, 0) is 43.3 Å². The summed E-state index contributed by atoms with van der Waals surface area (Å²) in [5.41, 5.74) is 0. The summed E-state index contributed by atoms with van der Waals surface area (Å²) in [6, 6.07) is 10.6. The van der Waals surface area contributed by atoms with E-state index in [1.165, 1.54) is 34.8 Å². The predicted molar refractivity (Wildman–Crippen MR) is 119 cm³/mol. The van der Waals surface area contributed by atoms with Gasteiger partial charge in [0.05, 0.1) is 11.1 Å². The summed E-state index contributed by atoms with van der Waals surface area (Å²) in [7, 11) is -3.71. The summed E-state index contributed by atoms with van der Waals surface area (Å²) in [5, 5.41) is 4.35. The first-order chi connectivity index (χ1) is 13.6. The van der Waals surface area contributed by atoms with Crippen LogP contribution in [0.4, 0.5) is 4.39 Å². The van der Waals surface area contributed by atoms with E-state index in [4.69, 9.17) is 4.74 Å². The number of aromatic nitrogens is 1. The molecule has 1 saturated heterocycles. The SMILES string of the molecule is Cl.Cl.O=S(=O)(c1cccc2cncc(Oc3ccc(F)cc3)c12)N1CCCNCC1. The molecule has 6 nitrogen and oxygen atoms in total. The third kappa shape index (κ3) is 5.01. The zero-order chi connectivity index (χ0) is 19.6. The molecule has 0 unspecified atom stereocenters. The molecule has 0 bridgehead atoms. The van der Waals surface area contributed by atoms with Gasteiger partial charge in [-0.2, -0.15) is 4.31 Å². The maximum absolute atomic E-state index is 13.4. The van der Waals surface area contributed by atoms with Gasteiger partial charge in [0.15, 0.2) is 5.75 Å². The van der Waals surface area contributed by atoms with Crippen molar-refractivity contribution in [1.29, 1.82) is 0 Å². The van der Waals surface area contributed by atoms with Gasteiger partial charge in [-0.3, -0.25) is 4.98 Å². The van der Waals surface area contributed by atoms with Crippen LogP contribution in [0, 0.1) is 5.82 Å². The second-order valence-electron chi connectivity index (χ2n) is 6.56. The smallest absolute Gasteiger partial charge is 0.243 e. The van der Waals surface area contributed by atoms with Crippen molar-refractivity contribution in [3.05, 3.63) is 60.7 Å². The van der Waals surface area contributed by atoms with Crippen LogP contribution in [-0.2, 0) is 10.0 Å². The van der Waals surface area contributed by atoms with Crippen LogP contribution in [0.15, 0.2) is 59.8 Å². The van der Waals surface area contributed by atoms with Crippen molar-refractivity contribution in [2.24, 2.45) is 0 Å². The van der Waals surface area contributed by atoms with Crippen LogP contribution in [0.3, 0.4) is 0 Å². The maximum atomic E-state index is 13.4. The van der Waals surface area contributed by atoms with Crippen LogP contribution >= 0.6 is 24.8 Å². The Labute approximate surface area is 187 Å². The summed E-state index contributed by atoms with van der Waals surface area (Å²) in [4.78, 5) is 4.35. The fraction of sp³-hybridized carbons (Fsp3) is 0.250. The number of hydrogen-bond donors (Lipinski definition) is 1. The lowest BCUT2D eigenvalue weighted by Gasteiger charge is -2.21. The Kier molecular flexibility index (Phi) is 8.40. The average Bonchev–Trinajstić information content (AvgIpc) is 3.00. The molecule has 0 spiro atoms. The molecule has 30 heavy (non-hydrogen) atoms. The number of rotatable bonds is 4. The quantitative estimate of drug-likeness (QED) is 0.619. The number of pyridine rings is 1. The number of sulfonamides is 1. The minimum atomic E-state index is -3.71. The van der Waals surface area contributed by atoms with E-state index in [0.717, 1.165) is 13.0 Å². The van der Waals surface area contributed by atoms with E-state index in [0.29, 0.717) is 41.9 Å². The van der Waals surface area contributed by atoms with Crippen LogP contribution in [0.2, 0.25) is 0 Å². The molecule has 1 fully saturated rings. The molecule has 10 heteroatoms. The molecule has 1 aliphatic heterocycles. The van der Waals surface area contributed by atoms with Gasteiger partial charge in [-0.1, -0.05) is 12.1 Å². The van der Waals surface area contributed by atoms with E-state index < -0.39 is 10.0 Å². The van der Waals surface area contributed by atoms with Gasteiger partial charge in [-0.25, -0.2) is 12.8 Å². The highest BCUT2D eigenvalue weighted by Crippen LogP contribution is 2.35. The molecule has 1 aliphatic rings. The van der Waals surface area contributed by atoms with Crippen LogP contribution in [0.5, 0.6) is 11.5 Å². The predicted octanol–water partition coefficient (Wildman–Crippen LogP) is 3.99. The first-order valence-electron chi connectivity index (χ1n) is 9.07. The number of nitrogens with zero attached hydrogens (tertiary/aromatic N) is 2. The molecule has 162 valence electrons. The third-order valence-corrected chi connectivity index (χ3v) is 6.61. The lowest BCUT2D eigenvalue weighted by molar-refractivity contribution is 0.432. The zero-order valence-corrected chi connectivity index (χ0v) is 18.4. The highest BCUT2D eigenvalue weighted by Gasteiger charge is 2.28. The number of ether oxygens (including phenoxy) is 1. The Hall–Kier alpha value is -1.97. The number of hydrogen-bond acceptors (Lipinski definition) is 5. The highest BCUT2D eigenvalue weighted by molar-refractivity contribution is 7.89. The molecule has 0 amide bonds. The number of nitrogens with one attached hydrogen (secondary N) is 1. The highest BCUT2D eigenvalue weighted by atomic mass is 35.5. The number of halogens is 3.